The minimum atomic E-state index is -0.141. The van der Waals surface area contributed by atoms with Crippen molar-refractivity contribution in [2.45, 2.75) is 33.7 Å². The fourth-order valence-corrected chi connectivity index (χ4v) is 1.93. The number of rotatable bonds is 5. The molecule has 1 rings (SSSR count). The predicted molar refractivity (Wildman–Crippen MR) is 69.5 cm³/mol. The molecule has 1 atom stereocenters. The van der Waals surface area contributed by atoms with E-state index in [1.54, 1.807) is 11.9 Å². The topological polar surface area (TPSA) is 87.9 Å². The van der Waals surface area contributed by atoms with Gasteiger partial charge < -0.3 is 10.6 Å². The Morgan fingerprint density at radius 1 is 1.56 bits per heavy atom. The van der Waals surface area contributed by atoms with Crippen molar-refractivity contribution >= 4 is 5.91 Å². The van der Waals surface area contributed by atoms with Gasteiger partial charge in [-0.1, -0.05) is 20.8 Å². The molecule has 0 saturated heterocycles. The smallest absolute Gasteiger partial charge is 0.227 e. The van der Waals surface area contributed by atoms with Gasteiger partial charge in [0.25, 0.3) is 0 Å². The number of carbonyl (C=O) groups excluding carboxylic acids is 1. The van der Waals surface area contributed by atoms with Gasteiger partial charge in [0.1, 0.15) is 12.2 Å². The molecule has 0 bridgehead atoms. The van der Waals surface area contributed by atoms with Gasteiger partial charge in [0.2, 0.25) is 5.91 Å². The van der Waals surface area contributed by atoms with E-state index in [9.17, 15) is 4.79 Å². The van der Waals surface area contributed by atoms with Crippen LogP contribution in [0.15, 0.2) is 6.33 Å². The molecule has 0 spiro atoms. The lowest BCUT2D eigenvalue weighted by Crippen LogP contribution is -2.38. The van der Waals surface area contributed by atoms with Crippen LogP contribution in [0.4, 0.5) is 0 Å². The Morgan fingerprint density at radius 2 is 2.22 bits per heavy atom. The summed E-state index contributed by atoms with van der Waals surface area (Å²) in [6, 6.07) is 0. The summed E-state index contributed by atoms with van der Waals surface area (Å²) in [7, 11) is 1.76. The van der Waals surface area contributed by atoms with Crippen LogP contribution in [0.3, 0.4) is 0 Å². The molecule has 0 fully saturated rings. The molecule has 18 heavy (non-hydrogen) atoms. The average molecular weight is 253 g/mol. The number of nitrogens with two attached hydrogens (primary N) is 1. The maximum absolute atomic E-state index is 12.3. The molecule has 0 saturated carbocycles. The standard InChI is InChI=1S/C12H23N5O/c1-12(2,3)5-9(6-13)11(18)17(4)7-10-14-8-15-16-10/h8-9H,5-7,13H2,1-4H3,(H,14,15,16). The molecular formula is C12H23N5O. The normalized spacial score (nSPS) is 13.4. The second kappa shape index (κ2) is 5.95. The second-order valence-electron chi connectivity index (χ2n) is 5.82. The zero-order chi connectivity index (χ0) is 13.8. The van der Waals surface area contributed by atoms with E-state index in [1.807, 2.05) is 0 Å². The van der Waals surface area contributed by atoms with Gasteiger partial charge in [0.15, 0.2) is 0 Å². The van der Waals surface area contributed by atoms with Crippen LogP contribution >= 0.6 is 0 Å². The van der Waals surface area contributed by atoms with Crippen LogP contribution in [0.2, 0.25) is 0 Å². The first-order chi connectivity index (χ1) is 8.33. The molecule has 1 aromatic heterocycles. The summed E-state index contributed by atoms with van der Waals surface area (Å²) in [6.07, 6.45) is 2.21. The molecule has 0 aliphatic carbocycles. The number of hydrogen-bond donors (Lipinski definition) is 2. The fourth-order valence-electron chi connectivity index (χ4n) is 1.93. The highest BCUT2D eigenvalue weighted by Crippen LogP contribution is 2.25. The van der Waals surface area contributed by atoms with Crippen LogP contribution in [0, 0.1) is 11.3 Å². The summed E-state index contributed by atoms with van der Waals surface area (Å²) in [6.45, 7) is 7.13. The second-order valence-corrected chi connectivity index (χ2v) is 5.82. The molecule has 102 valence electrons. The number of nitrogens with one attached hydrogen (secondary N) is 1. The Kier molecular flexibility index (Phi) is 4.84. The van der Waals surface area contributed by atoms with E-state index in [2.05, 4.69) is 36.0 Å². The molecule has 1 amide bonds. The highest BCUT2D eigenvalue weighted by atomic mass is 16.2. The Labute approximate surface area is 108 Å². The summed E-state index contributed by atoms with van der Waals surface area (Å²) >= 11 is 0. The van der Waals surface area contributed by atoms with Gasteiger partial charge in [-0.25, -0.2) is 4.98 Å². The predicted octanol–water partition coefficient (Wildman–Crippen LogP) is 0.774. The number of H-pyrrole nitrogens is 1. The van der Waals surface area contributed by atoms with Crippen molar-refractivity contribution in [3.05, 3.63) is 12.2 Å². The zero-order valence-electron chi connectivity index (χ0n) is 11.6. The van der Waals surface area contributed by atoms with E-state index in [1.165, 1.54) is 6.33 Å². The summed E-state index contributed by atoms with van der Waals surface area (Å²) < 4.78 is 0. The minimum Gasteiger partial charge on any atom is -0.338 e. The molecule has 0 radical (unpaired) electrons. The zero-order valence-corrected chi connectivity index (χ0v) is 11.6. The Bertz CT molecular complexity index is 368. The van der Waals surface area contributed by atoms with Crippen LogP contribution in [-0.4, -0.2) is 39.6 Å². The number of aromatic amines is 1. The monoisotopic (exact) mass is 253 g/mol. The third kappa shape index (κ3) is 4.44. The number of carbonyl (C=O) groups is 1. The van der Waals surface area contributed by atoms with E-state index >= 15 is 0 Å². The van der Waals surface area contributed by atoms with Crippen molar-refractivity contribution in [1.29, 1.82) is 0 Å². The Hall–Kier alpha value is -1.43. The van der Waals surface area contributed by atoms with Crippen molar-refractivity contribution in [3.63, 3.8) is 0 Å². The van der Waals surface area contributed by atoms with Crippen molar-refractivity contribution in [1.82, 2.24) is 20.1 Å². The lowest BCUT2D eigenvalue weighted by molar-refractivity contribution is -0.135. The van der Waals surface area contributed by atoms with Gasteiger partial charge in [-0.15, -0.1) is 0 Å². The van der Waals surface area contributed by atoms with Crippen molar-refractivity contribution in [3.8, 4) is 0 Å². The molecule has 3 N–H and O–H groups in total. The molecule has 1 aromatic rings. The minimum absolute atomic E-state index is 0.0591. The van der Waals surface area contributed by atoms with Gasteiger partial charge in [-0.05, 0) is 11.8 Å². The van der Waals surface area contributed by atoms with Gasteiger partial charge in [0, 0.05) is 13.6 Å². The van der Waals surface area contributed by atoms with Crippen LogP contribution < -0.4 is 5.73 Å². The van der Waals surface area contributed by atoms with Crippen LogP contribution in [0.1, 0.15) is 33.0 Å². The largest absolute Gasteiger partial charge is 0.338 e. The van der Waals surface area contributed by atoms with Crippen molar-refractivity contribution in [2.75, 3.05) is 13.6 Å². The molecular weight excluding hydrogens is 230 g/mol. The van der Waals surface area contributed by atoms with E-state index in [-0.39, 0.29) is 17.2 Å². The fraction of sp³-hybridized carbons (Fsp3) is 0.750. The summed E-state index contributed by atoms with van der Waals surface area (Å²) in [5, 5.41) is 6.50. The quantitative estimate of drug-likeness (QED) is 0.811. The molecule has 1 heterocycles. The number of nitrogens with zero attached hydrogens (tertiary/aromatic N) is 3. The molecule has 6 heteroatoms. The molecule has 0 aliphatic heterocycles. The number of hydrogen-bond acceptors (Lipinski definition) is 4. The van der Waals surface area contributed by atoms with Crippen LogP contribution in [0.5, 0.6) is 0 Å². The Balaban J connectivity index is 2.60. The van der Waals surface area contributed by atoms with E-state index in [0.29, 0.717) is 18.9 Å². The SMILES string of the molecule is CN(Cc1ncn[nH]1)C(=O)C(CN)CC(C)(C)C. The van der Waals surface area contributed by atoms with Crippen LogP contribution in [0.25, 0.3) is 0 Å². The first-order valence-corrected chi connectivity index (χ1v) is 6.13. The lowest BCUT2D eigenvalue weighted by Gasteiger charge is -2.27. The van der Waals surface area contributed by atoms with Crippen molar-refractivity contribution in [2.24, 2.45) is 17.1 Å². The highest BCUT2D eigenvalue weighted by Gasteiger charge is 2.26. The summed E-state index contributed by atoms with van der Waals surface area (Å²) in [5.41, 5.74) is 5.80. The summed E-state index contributed by atoms with van der Waals surface area (Å²) in [5.74, 6) is 0.596. The first kappa shape index (κ1) is 14.6. The number of aromatic nitrogens is 3. The third-order valence-corrected chi connectivity index (χ3v) is 2.72. The highest BCUT2D eigenvalue weighted by molar-refractivity contribution is 5.78. The van der Waals surface area contributed by atoms with E-state index in [4.69, 9.17) is 5.73 Å². The third-order valence-electron chi connectivity index (χ3n) is 2.72. The maximum Gasteiger partial charge on any atom is 0.227 e. The van der Waals surface area contributed by atoms with Gasteiger partial charge >= 0.3 is 0 Å². The molecule has 0 aromatic carbocycles. The Morgan fingerprint density at radius 3 is 2.67 bits per heavy atom. The van der Waals surface area contributed by atoms with Crippen LogP contribution in [-0.2, 0) is 11.3 Å². The first-order valence-electron chi connectivity index (χ1n) is 6.13. The summed E-state index contributed by atoms with van der Waals surface area (Å²) in [4.78, 5) is 17.9. The number of amides is 1. The molecule has 0 aliphatic rings. The molecule has 6 nitrogen and oxygen atoms in total. The van der Waals surface area contributed by atoms with Crippen molar-refractivity contribution < 1.29 is 4.79 Å². The molecule has 1 unspecified atom stereocenters. The van der Waals surface area contributed by atoms with Gasteiger partial charge in [0.05, 0.1) is 12.5 Å². The maximum atomic E-state index is 12.3. The average Bonchev–Trinajstić information content (AvgIpc) is 2.76. The van der Waals surface area contributed by atoms with Gasteiger partial charge in [-0.2, -0.15) is 5.10 Å². The lowest BCUT2D eigenvalue weighted by atomic mass is 9.84. The van der Waals surface area contributed by atoms with E-state index in [0.717, 1.165) is 6.42 Å². The van der Waals surface area contributed by atoms with Gasteiger partial charge in [-0.3, -0.25) is 9.89 Å². The van der Waals surface area contributed by atoms with E-state index < -0.39 is 0 Å².